The summed E-state index contributed by atoms with van der Waals surface area (Å²) in [5.41, 5.74) is 30.4. The van der Waals surface area contributed by atoms with Crippen molar-refractivity contribution < 1.29 is 8.83 Å². The smallest absolute Gasteiger partial charge is 0.164 e. The van der Waals surface area contributed by atoms with Gasteiger partial charge in [-0.2, -0.15) is 0 Å². The van der Waals surface area contributed by atoms with Gasteiger partial charge in [-0.25, -0.2) is 34.9 Å². The lowest BCUT2D eigenvalue weighted by molar-refractivity contribution is 0.672. The molecule has 24 aromatic rings. The zero-order valence-electron chi connectivity index (χ0n) is 68.1. The Morgan fingerprint density at radius 3 is 0.667 bits per heavy atom. The Morgan fingerprint density at radius 1 is 0.151 bits per heavy atom. The molecule has 0 N–H and O–H groups in total. The maximum absolute atomic E-state index is 6.58. The van der Waals surface area contributed by atoms with Gasteiger partial charge in [-0.1, -0.05) is 400 Å². The van der Waals surface area contributed by atoms with Gasteiger partial charge in [0.05, 0.1) is 44.6 Å². The van der Waals surface area contributed by atoms with Gasteiger partial charge >= 0.3 is 0 Å². The molecule has 24 rings (SSSR count). The van der Waals surface area contributed by atoms with E-state index < -0.39 is 0 Å². The van der Waals surface area contributed by atoms with E-state index in [1.807, 2.05) is 48.5 Å². The van der Waals surface area contributed by atoms with Crippen LogP contribution in [0.3, 0.4) is 0 Å². The number of benzene rings is 18. The molecule has 0 fully saturated rings. The Labute approximate surface area is 726 Å². The predicted octanol–water partition coefficient (Wildman–Crippen LogP) is 30.9. The van der Waals surface area contributed by atoms with Crippen molar-refractivity contribution in [2.24, 2.45) is 0 Å². The van der Waals surface area contributed by atoms with Crippen LogP contribution < -0.4 is 0 Å². The van der Waals surface area contributed by atoms with Crippen LogP contribution in [0.5, 0.6) is 0 Å². The number of hydrogen-bond donors (Lipinski definition) is 0. The molecule has 6 aromatic heterocycles. The molecule has 0 spiro atoms. The summed E-state index contributed by atoms with van der Waals surface area (Å²) >= 11 is 0. The number of para-hydroxylation sites is 2. The van der Waals surface area contributed by atoms with Gasteiger partial charge in [0.1, 0.15) is 22.3 Å². The van der Waals surface area contributed by atoms with E-state index in [4.69, 9.17) is 43.7 Å². The minimum Gasteiger partial charge on any atom is -0.455 e. The van der Waals surface area contributed by atoms with Gasteiger partial charge in [-0.15, -0.1) is 0 Å². The van der Waals surface area contributed by atoms with Crippen LogP contribution in [0, 0.1) is 0 Å². The number of nitrogens with zero attached hydrogens (tertiary/aromatic N) is 7. The Hall–Kier alpha value is -17.0. The zero-order valence-corrected chi connectivity index (χ0v) is 68.1. The Morgan fingerprint density at radius 2 is 0.373 bits per heavy atom. The average Bonchev–Trinajstić information content (AvgIpc) is 1.56. The summed E-state index contributed by atoms with van der Waals surface area (Å²) in [6.45, 7) is 0. The Kier molecular flexibility index (Phi) is 18.7. The van der Waals surface area contributed by atoms with Crippen LogP contribution in [0.4, 0.5) is 0 Å². The summed E-state index contributed by atoms with van der Waals surface area (Å²) in [4.78, 5) is 36.1. The van der Waals surface area contributed by atoms with Crippen molar-refractivity contribution in [3.8, 4) is 157 Å². The van der Waals surface area contributed by atoms with E-state index in [1.54, 1.807) is 0 Å². The van der Waals surface area contributed by atoms with Gasteiger partial charge in [0.15, 0.2) is 23.3 Å². The lowest BCUT2D eigenvalue weighted by Gasteiger charge is -2.12. The van der Waals surface area contributed by atoms with Crippen LogP contribution in [0.1, 0.15) is 0 Å². The third kappa shape index (κ3) is 14.2. The standard InChI is InChI=1S/C59H37N3O.C58H36N4O/c1-3-11-38(12-4-1)40-19-27-44(28-20-40)52-37-53(62-59(61-52)47-33-25-41(26-34-47)39-13-5-2-6-14-39)45-29-21-42(22-30-45)43-23-31-46(32-24-43)57-56-50-17-9-10-18-55(50)63-58(56)51-35-48-15-7-8-16-49(48)36-54(51)60-57;1-3-11-37(12-4-1)39-21-29-44(30-22-39)56-60-57(45-31-23-40(24-32-45)38-13-5-2-6-14-38)62-58(61-56)46-33-25-42(26-34-46)41-19-27-43(28-20-41)54-53-49-17-9-10-18-52(49)63-55(53)50-35-47-15-7-8-16-48(47)36-51(50)59-54/h1-37H;1-36H. The van der Waals surface area contributed by atoms with Gasteiger partial charge in [0.25, 0.3) is 0 Å². The van der Waals surface area contributed by atoms with E-state index in [0.29, 0.717) is 23.3 Å². The predicted molar refractivity (Wildman–Crippen MR) is 518 cm³/mol. The van der Waals surface area contributed by atoms with Crippen molar-refractivity contribution in [2.75, 3.05) is 0 Å². The zero-order chi connectivity index (χ0) is 83.4. The molecule has 0 bridgehead atoms. The molecule has 588 valence electrons. The van der Waals surface area contributed by atoms with E-state index in [9.17, 15) is 0 Å². The molecule has 9 nitrogen and oxygen atoms in total. The minimum absolute atomic E-state index is 0.614. The van der Waals surface area contributed by atoms with Crippen LogP contribution in [0.2, 0.25) is 0 Å². The van der Waals surface area contributed by atoms with Crippen LogP contribution in [-0.2, 0) is 0 Å². The topological polar surface area (TPSA) is 117 Å². The van der Waals surface area contributed by atoms with Gasteiger partial charge in [-0.3, -0.25) is 0 Å². The molecule has 0 saturated heterocycles. The number of furan rings is 2. The second kappa shape index (κ2) is 31.9. The van der Waals surface area contributed by atoms with Crippen molar-refractivity contribution in [1.82, 2.24) is 34.9 Å². The highest BCUT2D eigenvalue weighted by molar-refractivity contribution is 6.22. The van der Waals surface area contributed by atoms with Crippen molar-refractivity contribution >= 4 is 87.2 Å². The quantitative estimate of drug-likeness (QED) is 0.0981. The van der Waals surface area contributed by atoms with Crippen LogP contribution in [0.25, 0.3) is 245 Å². The molecular weight excluding hydrogens is 1540 g/mol. The van der Waals surface area contributed by atoms with Crippen molar-refractivity contribution in [1.29, 1.82) is 0 Å². The molecule has 9 heteroatoms. The van der Waals surface area contributed by atoms with Crippen LogP contribution >= 0.6 is 0 Å². The van der Waals surface area contributed by atoms with Crippen molar-refractivity contribution in [3.63, 3.8) is 0 Å². The molecule has 0 saturated carbocycles. The molecule has 126 heavy (non-hydrogen) atoms. The first-order valence-electron chi connectivity index (χ1n) is 42.4. The highest BCUT2D eigenvalue weighted by Crippen LogP contribution is 2.45. The number of pyridine rings is 2. The van der Waals surface area contributed by atoms with E-state index in [1.165, 1.54) is 22.1 Å². The summed E-state index contributed by atoms with van der Waals surface area (Å²) in [6.07, 6.45) is 0. The second-order valence-electron chi connectivity index (χ2n) is 31.8. The van der Waals surface area contributed by atoms with Crippen LogP contribution in [-0.4, -0.2) is 34.9 Å². The van der Waals surface area contributed by atoms with E-state index >= 15 is 0 Å². The largest absolute Gasteiger partial charge is 0.455 e. The van der Waals surface area contributed by atoms with Crippen molar-refractivity contribution in [2.45, 2.75) is 0 Å². The van der Waals surface area contributed by atoms with Crippen LogP contribution in [0.15, 0.2) is 452 Å². The molecular formula is C117H73N7O2. The molecule has 0 amide bonds. The molecule has 6 heterocycles. The molecule has 0 aliphatic rings. The third-order valence-electron chi connectivity index (χ3n) is 24.1. The Balaban J connectivity index is 0.000000145. The first-order chi connectivity index (χ1) is 62.4. The molecule has 0 radical (unpaired) electrons. The highest BCUT2D eigenvalue weighted by Gasteiger charge is 2.23. The number of hydrogen-bond acceptors (Lipinski definition) is 9. The summed E-state index contributed by atoms with van der Waals surface area (Å²) in [5.74, 6) is 2.54. The summed E-state index contributed by atoms with van der Waals surface area (Å²) in [7, 11) is 0. The first kappa shape index (κ1) is 74.1. The summed E-state index contributed by atoms with van der Waals surface area (Å²) in [5, 5.41) is 10.9. The number of fused-ring (bicyclic) bond motifs is 12. The third-order valence-corrected chi connectivity index (χ3v) is 24.1. The average molecular weight is 1610 g/mol. The van der Waals surface area contributed by atoms with Gasteiger partial charge in [0, 0.05) is 66.1 Å². The lowest BCUT2D eigenvalue weighted by atomic mass is 9.97. The fraction of sp³-hybridized carbons (Fsp3) is 0. The fourth-order valence-electron chi connectivity index (χ4n) is 17.4. The monoisotopic (exact) mass is 1610 g/mol. The van der Waals surface area contributed by atoms with E-state index in [0.717, 1.165) is 199 Å². The summed E-state index contributed by atoms with van der Waals surface area (Å²) < 4.78 is 13.1. The van der Waals surface area contributed by atoms with Gasteiger partial charge < -0.3 is 8.83 Å². The molecule has 0 aliphatic heterocycles. The summed E-state index contributed by atoms with van der Waals surface area (Å²) in [6, 6.07) is 154. The van der Waals surface area contributed by atoms with Crippen molar-refractivity contribution in [3.05, 3.63) is 443 Å². The lowest BCUT2D eigenvalue weighted by Crippen LogP contribution is -2.00. The fourth-order valence-corrected chi connectivity index (χ4v) is 17.4. The molecule has 0 atom stereocenters. The van der Waals surface area contributed by atoms with Gasteiger partial charge in [-0.05, 0) is 131 Å². The molecule has 0 unspecified atom stereocenters. The molecule has 0 aliphatic carbocycles. The van der Waals surface area contributed by atoms with Gasteiger partial charge in [0.2, 0.25) is 0 Å². The normalized spacial score (nSPS) is 11.5. The van der Waals surface area contributed by atoms with E-state index in [-0.39, 0.29) is 0 Å². The maximum Gasteiger partial charge on any atom is 0.164 e. The maximum atomic E-state index is 6.58. The first-order valence-corrected chi connectivity index (χ1v) is 42.4. The minimum atomic E-state index is 0.614. The van der Waals surface area contributed by atoms with E-state index in [2.05, 4.69) is 394 Å². The highest BCUT2D eigenvalue weighted by atomic mass is 16.3. The molecule has 18 aromatic carbocycles. The SMILES string of the molecule is c1ccc(-c2ccc(-c3cc(-c4ccc(-c5ccc(-c6nc7cc8ccccc8cc7c7oc8ccccc8c67)cc5)cc4)nc(-c4ccc(-c5ccccc5)cc4)n3)cc2)cc1.c1ccc(-c2ccc(-c3nc(-c4ccc(-c5ccccc5)cc4)nc(-c4ccc(-c5ccc(-c6nc7cc8ccccc8cc7c7oc8ccccc8c67)cc5)cc4)n3)cc2)cc1. The number of rotatable bonds is 14. The number of aromatic nitrogens is 7. The Bertz CT molecular complexity index is 7530. The second-order valence-corrected chi connectivity index (χ2v) is 31.8.